The largest absolute Gasteiger partial charge is 0.312 e. The molecule has 3 rings (SSSR count). The standard InChI is InChI=1S/C13H17N5OS/c1-7(2)10-6-15-13(20-10)16-12(19)11-8-5-14-4-3-9(8)17-18-11/h6-7,14H,3-5H2,1-2H3,(H,17,18)(H,15,16,19). The number of nitrogens with one attached hydrogen (secondary N) is 3. The lowest BCUT2D eigenvalue weighted by Gasteiger charge is -2.12. The average molecular weight is 291 g/mol. The second-order valence-corrected chi connectivity index (χ2v) is 6.19. The van der Waals surface area contributed by atoms with E-state index in [2.05, 4.69) is 39.7 Å². The van der Waals surface area contributed by atoms with Crippen molar-refractivity contribution in [2.45, 2.75) is 32.7 Å². The van der Waals surface area contributed by atoms with Crippen molar-refractivity contribution in [3.63, 3.8) is 0 Å². The lowest BCUT2D eigenvalue weighted by molar-refractivity contribution is 0.102. The van der Waals surface area contributed by atoms with Crippen molar-refractivity contribution in [3.05, 3.63) is 28.0 Å². The highest BCUT2D eigenvalue weighted by Crippen LogP contribution is 2.26. The summed E-state index contributed by atoms with van der Waals surface area (Å²) in [6.07, 6.45) is 2.69. The van der Waals surface area contributed by atoms with E-state index in [0.717, 1.165) is 29.1 Å². The molecule has 3 heterocycles. The van der Waals surface area contributed by atoms with Crippen LogP contribution in [0.4, 0.5) is 5.13 Å². The van der Waals surface area contributed by atoms with Crippen LogP contribution in [0.1, 0.15) is 46.4 Å². The van der Waals surface area contributed by atoms with Crippen LogP contribution in [-0.2, 0) is 13.0 Å². The third-order valence-corrected chi connectivity index (χ3v) is 4.55. The lowest BCUT2D eigenvalue weighted by atomic mass is 10.1. The number of carbonyl (C=O) groups is 1. The van der Waals surface area contributed by atoms with Gasteiger partial charge in [0.2, 0.25) is 0 Å². The molecule has 1 amide bonds. The van der Waals surface area contributed by atoms with Gasteiger partial charge >= 0.3 is 0 Å². The molecule has 6 nitrogen and oxygen atoms in total. The molecule has 106 valence electrons. The number of rotatable bonds is 3. The second-order valence-electron chi connectivity index (χ2n) is 5.13. The zero-order valence-electron chi connectivity index (χ0n) is 11.5. The van der Waals surface area contributed by atoms with Gasteiger partial charge in [0.1, 0.15) is 0 Å². The number of anilines is 1. The molecule has 0 unspecified atom stereocenters. The Balaban J connectivity index is 1.77. The van der Waals surface area contributed by atoms with Crippen molar-refractivity contribution in [2.75, 3.05) is 11.9 Å². The fourth-order valence-electron chi connectivity index (χ4n) is 2.18. The normalized spacial score (nSPS) is 14.3. The topological polar surface area (TPSA) is 82.7 Å². The van der Waals surface area contributed by atoms with Gasteiger partial charge in [0.05, 0.1) is 0 Å². The molecule has 0 aromatic carbocycles. The molecule has 0 aliphatic carbocycles. The summed E-state index contributed by atoms with van der Waals surface area (Å²) in [4.78, 5) is 17.7. The Morgan fingerprint density at radius 2 is 2.35 bits per heavy atom. The summed E-state index contributed by atoms with van der Waals surface area (Å²) in [5.41, 5.74) is 2.48. The van der Waals surface area contributed by atoms with Crippen molar-refractivity contribution in [3.8, 4) is 0 Å². The predicted octanol–water partition coefficient (Wildman–Crippen LogP) is 1.89. The number of hydrogen-bond donors (Lipinski definition) is 3. The molecule has 20 heavy (non-hydrogen) atoms. The van der Waals surface area contributed by atoms with Crippen LogP contribution in [0.25, 0.3) is 0 Å². The van der Waals surface area contributed by atoms with Crippen LogP contribution in [0.15, 0.2) is 6.20 Å². The average Bonchev–Trinajstić information content (AvgIpc) is 3.04. The Hall–Kier alpha value is -1.73. The fourth-order valence-corrected chi connectivity index (χ4v) is 2.99. The highest BCUT2D eigenvalue weighted by atomic mass is 32.1. The third-order valence-electron chi connectivity index (χ3n) is 3.33. The van der Waals surface area contributed by atoms with Gasteiger partial charge in [-0.25, -0.2) is 4.98 Å². The first kappa shape index (κ1) is 13.3. The van der Waals surface area contributed by atoms with Gasteiger partial charge in [0.25, 0.3) is 5.91 Å². The van der Waals surface area contributed by atoms with Crippen molar-refractivity contribution in [2.24, 2.45) is 0 Å². The number of aromatic nitrogens is 3. The smallest absolute Gasteiger partial charge is 0.278 e. The van der Waals surface area contributed by atoms with Crippen LogP contribution in [0.2, 0.25) is 0 Å². The van der Waals surface area contributed by atoms with Gasteiger partial charge in [0, 0.05) is 41.8 Å². The van der Waals surface area contributed by atoms with E-state index in [1.807, 2.05) is 6.20 Å². The SMILES string of the molecule is CC(C)c1cnc(NC(=O)c2n[nH]c3c2CNCC3)s1. The van der Waals surface area contributed by atoms with Crippen LogP contribution in [-0.4, -0.2) is 27.6 Å². The molecule has 0 atom stereocenters. The Morgan fingerprint density at radius 1 is 1.50 bits per heavy atom. The maximum absolute atomic E-state index is 12.3. The molecule has 0 saturated carbocycles. The van der Waals surface area contributed by atoms with E-state index in [4.69, 9.17) is 0 Å². The molecule has 0 bridgehead atoms. The molecule has 3 N–H and O–H groups in total. The second kappa shape index (κ2) is 5.34. The lowest BCUT2D eigenvalue weighted by Crippen LogP contribution is -2.25. The maximum atomic E-state index is 12.3. The minimum Gasteiger partial charge on any atom is -0.312 e. The molecule has 0 radical (unpaired) electrons. The number of aromatic amines is 1. The number of nitrogens with zero attached hydrogens (tertiary/aromatic N) is 2. The van der Waals surface area contributed by atoms with E-state index in [-0.39, 0.29) is 5.91 Å². The zero-order valence-corrected chi connectivity index (χ0v) is 12.3. The number of hydrogen-bond acceptors (Lipinski definition) is 5. The van der Waals surface area contributed by atoms with Gasteiger partial charge in [0.15, 0.2) is 10.8 Å². The van der Waals surface area contributed by atoms with Crippen LogP contribution in [0, 0.1) is 0 Å². The number of carbonyl (C=O) groups excluding carboxylic acids is 1. The monoisotopic (exact) mass is 291 g/mol. The molecular formula is C13H17N5OS. The highest BCUT2D eigenvalue weighted by Gasteiger charge is 2.22. The van der Waals surface area contributed by atoms with Crippen LogP contribution < -0.4 is 10.6 Å². The molecule has 0 spiro atoms. The zero-order chi connectivity index (χ0) is 14.1. The molecule has 2 aromatic rings. The summed E-state index contributed by atoms with van der Waals surface area (Å²) < 4.78 is 0. The predicted molar refractivity (Wildman–Crippen MR) is 78.2 cm³/mol. The van der Waals surface area contributed by atoms with E-state index in [9.17, 15) is 4.79 Å². The molecular weight excluding hydrogens is 274 g/mol. The van der Waals surface area contributed by atoms with Gasteiger partial charge in [-0.1, -0.05) is 13.8 Å². The first-order chi connectivity index (χ1) is 9.65. The van der Waals surface area contributed by atoms with E-state index in [0.29, 0.717) is 23.3 Å². The van der Waals surface area contributed by atoms with Crippen molar-refractivity contribution in [1.82, 2.24) is 20.5 Å². The van der Waals surface area contributed by atoms with Crippen LogP contribution in [0.5, 0.6) is 0 Å². The third kappa shape index (κ3) is 2.46. The Morgan fingerprint density at radius 3 is 3.10 bits per heavy atom. The first-order valence-electron chi connectivity index (χ1n) is 6.69. The van der Waals surface area contributed by atoms with Crippen LogP contribution >= 0.6 is 11.3 Å². The number of H-pyrrole nitrogens is 1. The number of amides is 1. The summed E-state index contributed by atoms with van der Waals surface area (Å²) >= 11 is 1.51. The van der Waals surface area contributed by atoms with E-state index in [1.165, 1.54) is 11.3 Å². The van der Waals surface area contributed by atoms with Gasteiger partial charge in [-0.05, 0) is 5.92 Å². The van der Waals surface area contributed by atoms with Crippen molar-refractivity contribution in [1.29, 1.82) is 0 Å². The minimum atomic E-state index is -0.198. The van der Waals surface area contributed by atoms with Gasteiger partial charge in [-0.3, -0.25) is 15.2 Å². The summed E-state index contributed by atoms with van der Waals surface area (Å²) in [6.45, 7) is 5.81. The minimum absolute atomic E-state index is 0.198. The highest BCUT2D eigenvalue weighted by molar-refractivity contribution is 7.15. The van der Waals surface area contributed by atoms with Crippen molar-refractivity contribution < 1.29 is 4.79 Å². The van der Waals surface area contributed by atoms with Gasteiger partial charge < -0.3 is 5.32 Å². The number of fused-ring (bicyclic) bond motifs is 1. The Labute approximate surface area is 121 Å². The van der Waals surface area contributed by atoms with E-state index >= 15 is 0 Å². The van der Waals surface area contributed by atoms with Crippen LogP contribution in [0.3, 0.4) is 0 Å². The molecule has 1 aliphatic heterocycles. The Kier molecular flexibility index (Phi) is 3.54. The fraction of sp³-hybridized carbons (Fsp3) is 0.462. The Bertz CT molecular complexity index is 630. The molecule has 1 aliphatic rings. The quantitative estimate of drug-likeness (QED) is 0.806. The molecule has 0 fully saturated rings. The van der Waals surface area contributed by atoms with E-state index < -0.39 is 0 Å². The summed E-state index contributed by atoms with van der Waals surface area (Å²) in [5, 5.41) is 13.8. The molecule has 7 heteroatoms. The molecule has 2 aromatic heterocycles. The van der Waals surface area contributed by atoms with E-state index in [1.54, 1.807) is 0 Å². The maximum Gasteiger partial charge on any atom is 0.278 e. The first-order valence-corrected chi connectivity index (χ1v) is 7.50. The summed E-state index contributed by atoms with van der Waals surface area (Å²) in [5.74, 6) is 0.219. The summed E-state index contributed by atoms with van der Waals surface area (Å²) in [7, 11) is 0. The van der Waals surface area contributed by atoms with Gasteiger partial charge in [-0.2, -0.15) is 5.10 Å². The summed E-state index contributed by atoms with van der Waals surface area (Å²) in [6, 6.07) is 0. The van der Waals surface area contributed by atoms with Crippen molar-refractivity contribution >= 4 is 22.4 Å². The number of thiazole rings is 1. The van der Waals surface area contributed by atoms with Gasteiger partial charge in [-0.15, -0.1) is 11.3 Å². The molecule has 0 saturated heterocycles.